The summed E-state index contributed by atoms with van der Waals surface area (Å²) in [6.07, 6.45) is 0. The topological polar surface area (TPSA) is 88.1 Å². The van der Waals surface area contributed by atoms with Gasteiger partial charge in [-0.3, -0.25) is 10.1 Å². The summed E-state index contributed by atoms with van der Waals surface area (Å²) < 4.78 is 0. The first-order valence-electron chi connectivity index (χ1n) is 5.21. The molecule has 6 nitrogen and oxygen atoms in total. The van der Waals surface area contributed by atoms with Crippen LogP contribution in [0.25, 0.3) is 0 Å². The van der Waals surface area contributed by atoms with Crippen molar-refractivity contribution >= 4 is 28.7 Å². The van der Waals surface area contributed by atoms with Crippen LogP contribution < -0.4 is 0 Å². The zero-order valence-electron chi connectivity index (χ0n) is 9.52. The van der Waals surface area contributed by atoms with Crippen LogP contribution in [0.3, 0.4) is 0 Å². The highest BCUT2D eigenvalue weighted by Crippen LogP contribution is 2.33. The zero-order chi connectivity index (χ0) is 13.8. The molecular formula is C12H8ClN3O3. The molecule has 0 fully saturated rings. The second-order valence-corrected chi connectivity index (χ2v) is 4.02. The van der Waals surface area contributed by atoms with Gasteiger partial charge in [0.1, 0.15) is 11.4 Å². The van der Waals surface area contributed by atoms with Crippen LogP contribution in [0, 0.1) is 10.1 Å². The quantitative estimate of drug-likeness (QED) is 0.513. The summed E-state index contributed by atoms with van der Waals surface area (Å²) in [4.78, 5) is 10.2. The zero-order valence-corrected chi connectivity index (χ0v) is 10.3. The molecule has 0 amide bonds. The van der Waals surface area contributed by atoms with Gasteiger partial charge in [0, 0.05) is 11.1 Å². The number of benzene rings is 2. The first kappa shape index (κ1) is 13.0. The predicted octanol–water partition coefficient (Wildman–Crippen LogP) is 4.37. The summed E-state index contributed by atoms with van der Waals surface area (Å²) >= 11 is 5.76. The van der Waals surface area contributed by atoms with E-state index in [0.29, 0.717) is 5.02 Å². The van der Waals surface area contributed by atoms with Crippen LogP contribution in [0.4, 0.5) is 17.1 Å². The number of hydrogen-bond acceptors (Lipinski definition) is 5. The molecule has 19 heavy (non-hydrogen) atoms. The maximum absolute atomic E-state index is 10.8. The van der Waals surface area contributed by atoms with Gasteiger partial charge in [-0.15, -0.1) is 10.2 Å². The largest absolute Gasteiger partial charge is 0.506 e. The summed E-state index contributed by atoms with van der Waals surface area (Å²) in [5.41, 5.74) is 0.0882. The normalized spacial score (nSPS) is 10.8. The third-order valence-corrected chi connectivity index (χ3v) is 2.52. The Bertz CT molecular complexity index is 658. The number of para-hydroxylation sites is 1. The van der Waals surface area contributed by atoms with Crippen molar-refractivity contribution < 1.29 is 10.0 Å². The summed E-state index contributed by atoms with van der Waals surface area (Å²) in [7, 11) is 0. The first-order chi connectivity index (χ1) is 9.08. The van der Waals surface area contributed by atoms with E-state index >= 15 is 0 Å². The Morgan fingerprint density at radius 3 is 2.53 bits per heavy atom. The molecule has 0 aromatic heterocycles. The minimum atomic E-state index is -0.549. The van der Waals surface area contributed by atoms with E-state index in [1.54, 1.807) is 6.07 Å². The van der Waals surface area contributed by atoms with Crippen LogP contribution in [-0.4, -0.2) is 10.0 Å². The first-order valence-corrected chi connectivity index (χ1v) is 5.59. The van der Waals surface area contributed by atoms with Gasteiger partial charge in [-0.2, -0.15) is 0 Å². The van der Waals surface area contributed by atoms with Gasteiger partial charge < -0.3 is 5.11 Å². The average Bonchev–Trinajstić information content (AvgIpc) is 2.40. The molecule has 1 N–H and O–H groups in total. The van der Waals surface area contributed by atoms with Crippen LogP contribution in [0.2, 0.25) is 5.02 Å². The van der Waals surface area contributed by atoms with Crippen LogP contribution in [0.5, 0.6) is 5.75 Å². The molecule has 0 aliphatic rings. The van der Waals surface area contributed by atoms with Crippen molar-refractivity contribution in [3.63, 3.8) is 0 Å². The van der Waals surface area contributed by atoms with E-state index in [4.69, 9.17) is 11.6 Å². The third-order valence-electron chi connectivity index (χ3n) is 2.28. The van der Waals surface area contributed by atoms with Gasteiger partial charge in [-0.1, -0.05) is 23.7 Å². The third kappa shape index (κ3) is 3.05. The Morgan fingerprint density at radius 2 is 1.79 bits per heavy atom. The van der Waals surface area contributed by atoms with Crippen molar-refractivity contribution in [2.75, 3.05) is 0 Å². The molecule has 0 atom stereocenters. The minimum Gasteiger partial charge on any atom is -0.506 e. The SMILES string of the molecule is O=[N+]([O-])c1ccccc1N=Nc1cc(Cl)ccc1O. The van der Waals surface area contributed by atoms with E-state index in [1.165, 1.54) is 36.4 Å². The highest BCUT2D eigenvalue weighted by molar-refractivity contribution is 6.30. The van der Waals surface area contributed by atoms with Crippen molar-refractivity contribution in [2.45, 2.75) is 0 Å². The number of azo groups is 1. The molecule has 0 bridgehead atoms. The standard InChI is InChI=1S/C12H8ClN3O3/c13-8-5-6-12(17)10(7-8)15-14-9-3-1-2-4-11(9)16(18)19/h1-7,17H. The highest BCUT2D eigenvalue weighted by Gasteiger charge is 2.11. The number of phenols is 1. The minimum absolute atomic E-state index is 0.104. The highest BCUT2D eigenvalue weighted by atomic mass is 35.5. The van der Waals surface area contributed by atoms with Crippen molar-refractivity contribution in [3.8, 4) is 5.75 Å². The van der Waals surface area contributed by atoms with Gasteiger partial charge in [0.25, 0.3) is 5.69 Å². The van der Waals surface area contributed by atoms with Crippen molar-refractivity contribution in [3.05, 3.63) is 57.6 Å². The van der Waals surface area contributed by atoms with Crippen molar-refractivity contribution in [2.24, 2.45) is 10.2 Å². The lowest BCUT2D eigenvalue weighted by atomic mass is 10.3. The van der Waals surface area contributed by atoms with Gasteiger partial charge in [0.2, 0.25) is 0 Å². The van der Waals surface area contributed by atoms with Gasteiger partial charge in [-0.05, 0) is 24.3 Å². The molecule has 7 heteroatoms. The molecule has 0 heterocycles. The number of phenolic OH excluding ortho intramolecular Hbond substituents is 1. The average molecular weight is 278 g/mol. The number of rotatable bonds is 3. The predicted molar refractivity (Wildman–Crippen MR) is 70.4 cm³/mol. The molecular weight excluding hydrogens is 270 g/mol. The summed E-state index contributed by atoms with van der Waals surface area (Å²) in [6.45, 7) is 0. The van der Waals surface area contributed by atoms with E-state index in [1.807, 2.05) is 0 Å². The molecule has 2 aromatic rings. The molecule has 0 spiro atoms. The van der Waals surface area contributed by atoms with Crippen LogP contribution >= 0.6 is 11.6 Å². The van der Waals surface area contributed by atoms with Gasteiger partial charge >= 0.3 is 0 Å². The molecule has 96 valence electrons. The fraction of sp³-hybridized carbons (Fsp3) is 0. The van der Waals surface area contributed by atoms with Gasteiger partial charge in [0.15, 0.2) is 5.69 Å². The molecule has 0 unspecified atom stereocenters. The summed E-state index contributed by atoms with van der Waals surface area (Å²) in [5.74, 6) is -0.105. The van der Waals surface area contributed by atoms with E-state index in [9.17, 15) is 15.2 Å². The monoisotopic (exact) mass is 277 g/mol. The molecule has 0 saturated heterocycles. The molecule has 2 aromatic carbocycles. The molecule has 0 radical (unpaired) electrons. The number of nitro benzene ring substituents is 1. The Balaban J connectivity index is 2.38. The summed E-state index contributed by atoms with van der Waals surface area (Å²) in [5, 5.41) is 28.2. The fourth-order valence-electron chi connectivity index (χ4n) is 1.39. The number of nitro groups is 1. The Labute approximate surface area is 113 Å². The molecule has 2 rings (SSSR count). The second kappa shape index (κ2) is 5.45. The Morgan fingerprint density at radius 1 is 1.11 bits per heavy atom. The van der Waals surface area contributed by atoms with Crippen LogP contribution in [-0.2, 0) is 0 Å². The van der Waals surface area contributed by atoms with Crippen LogP contribution in [0.1, 0.15) is 0 Å². The van der Waals surface area contributed by atoms with E-state index in [2.05, 4.69) is 10.2 Å². The second-order valence-electron chi connectivity index (χ2n) is 3.58. The summed E-state index contributed by atoms with van der Waals surface area (Å²) in [6, 6.07) is 10.2. The Kier molecular flexibility index (Phi) is 3.72. The van der Waals surface area contributed by atoms with E-state index in [0.717, 1.165) is 0 Å². The molecule has 0 saturated carbocycles. The van der Waals surface area contributed by atoms with E-state index in [-0.39, 0.29) is 22.8 Å². The number of halogens is 1. The maximum atomic E-state index is 10.8. The van der Waals surface area contributed by atoms with Crippen molar-refractivity contribution in [1.82, 2.24) is 0 Å². The molecule has 0 aliphatic heterocycles. The van der Waals surface area contributed by atoms with Crippen LogP contribution in [0.15, 0.2) is 52.7 Å². The lowest BCUT2D eigenvalue weighted by Crippen LogP contribution is -1.86. The van der Waals surface area contributed by atoms with E-state index < -0.39 is 4.92 Å². The maximum Gasteiger partial charge on any atom is 0.296 e. The lowest BCUT2D eigenvalue weighted by Gasteiger charge is -1.98. The van der Waals surface area contributed by atoms with Crippen molar-refractivity contribution in [1.29, 1.82) is 0 Å². The fourth-order valence-corrected chi connectivity index (χ4v) is 1.55. The molecule has 0 aliphatic carbocycles. The number of nitrogens with zero attached hydrogens (tertiary/aromatic N) is 3. The smallest absolute Gasteiger partial charge is 0.296 e. The number of aromatic hydroxyl groups is 1. The number of hydrogen-bond donors (Lipinski definition) is 1. The van der Waals surface area contributed by atoms with Gasteiger partial charge in [-0.25, -0.2) is 0 Å². The van der Waals surface area contributed by atoms with Gasteiger partial charge in [0.05, 0.1) is 4.92 Å². The lowest BCUT2D eigenvalue weighted by molar-refractivity contribution is -0.384. The Hall–Kier alpha value is -2.47.